The minimum Gasteiger partial charge on any atom is -0.248 e. The molecule has 3 heteroatoms. The van der Waals surface area contributed by atoms with Gasteiger partial charge in [0.05, 0.1) is 11.4 Å². The van der Waals surface area contributed by atoms with Crippen molar-refractivity contribution in [3.63, 3.8) is 0 Å². The molecule has 0 aliphatic rings. The smallest absolute Gasteiger partial charge is 0.0714 e. The van der Waals surface area contributed by atoms with E-state index in [1.165, 1.54) is 0 Å². The van der Waals surface area contributed by atoms with E-state index in [-0.39, 0.29) is 0 Å². The number of hydrogen-bond acceptors (Lipinski definition) is 1. The van der Waals surface area contributed by atoms with E-state index in [9.17, 15) is 0 Å². The van der Waals surface area contributed by atoms with E-state index in [1.54, 1.807) is 0 Å². The molecule has 3 aromatic rings. The Kier molecular flexibility index (Phi) is 4.67. The van der Waals surface area contributed by atoms with E-state index in [0.717, 1.165) is 54.8 Å². The number of aromatic nitrogens is 1. The molecule has 0 fully saturated rings. The molecule has 1 aromatic heterocycles. The van der Waals surface area contributed by atoms with Crippen LogP contribution in [0.1, 0.15) is 22.3 Å². The van der Waals surface area contributed by atoms with Gasteiger partial charge in [-0.05, 0) is 86.3 Å². The molecule has 0 bridgehead atoms. The van der Waals surface area contributed by atoms with Crippen molar-refractivity contribution in [1.29, 1.82) is 0 Å². The summed E-state index contributed by atoms with van der Waals surface area (Å²) in [6, 6.07) is 14.1. The van der Waals surface area contributed by atoms with Crippen LogP contribution in [0.2, 0.25) is 10.0 Å². The molecule has 0 unspecified atom stereocenters. The van der Waals surface area contributed by atoms with Gasteiger partial charge in [0.15, 0.2) is 0 Å². The van der Waals surface area contributed by atoms with Crippen molar-refractivity contribution in [2.45, 2.75) is 27.7 Å². The number of pyridine rings is 1. The third-order valence-corrected chi connectivity index (χ3v) is 4.69. The number of aryl methyl sites for hydroxylation is 4. The van der Waals surface area contributed by atoms with Crippen molar-refractivity contribution in [3.05, 3.63) is 74.8 Å². The van der Waals surface area contributed by atoms with Crippen molar-refractivity contribution < 1.29 is 0 Å². The molecule has 2 aromatic carbocycles. The van der Waals surface area contributed by atoms with E-state index in [0.29, 0.717) is 0 Å². The average molecular weight is 356 g/mol. The lowest BCUT2D eigenvalue weighted by Crippen LogP contribution is -1.96. The Morgan fingerprint density at radius 3 is 1.29 bits per heavy atom. The first-order chi connectivity index (χ1) is 11.4. The number of hydrogen-bond donors (Lipinski definition) is 0. The minimum atomic E-state index is 0.759. The maximum Gasteiger partial charge on any atom is 0.0714 e. The quantitative estimate of drug-likeness (QED) is 0.484. The predicted octanol–water partition coefficient (Wildman–Crippen LogP) is 6.96. The van der Waals surface area contributed by atoms with Crippen LogP contribution in [0.3, 0.4) is 0 Å². The van der Waals surface area contributed by atoms with E-state index in [1.807, 2.05) is 36.4 Å². The fraction of sp³-hybridized carbons (Fsp3) is 0.190. The molecular weight excluding hydrogens is 337 g/mol. The normalized spacial score (nSPS) is 10.9. The molecule has 0 atom stereocenters. The molecular formula is C21H19Cl2N. The Balaban J connectivity index is 2.19. The summed E-state index contributed by atoms with van der Waals surface area (Å²) < 4.78 is 0. The Morgan fingerprint density at radius 2 is 0.958 bits per heavy atom. The first kappa shape index (κ1) is 17.0. The summed E-state index contributed by atoms with van der Waals surface area (Å²) in [6.07, 6.45) is 0. The van der Waals surface area contributed by atoms with Crippen LogP contribution in [0.25, 0.3) is 22.5 Å². The number of rotatable bonds is 2. The van der Waals surface area contributed by atoms with Crippen LogP contribution >= 0.6 is 23.2 Å². The molecule has 3 rings (SSSR count). The second-order valence-corrected chi connectivity index (χ2v) is 7.11. The highest BCUT2D eigenvalue weighted by molar-refractivity contribution is 6.31. The summed E-state index contributed by atoms with van der Waals surface area (Å²) in [6.45, 7) is 8.28. The van der Waals surface area contributed by atoms with Gasteiger partial charge in [-0.15, -0.1) is 0 Å². The number of nitrogens with zero attached hydrogens (tertiary/aromatic N) is 1. The lowest BCUT2D eigenvalue weighted by Gasteiger charge is -2.14. The summed E-state index contributed by atoms with van der Waals surface area (Å²) in [5.41, 5.74) is 8.75. The van der Waals surface area contributed by atoms with Crippen LogP contribution in [-0.4, -0.2) is 4.98 Å². The molecule has 0 spiro atoms. The Morgan fingerprint density at radius 1 is 0.625 bits per heavy atom. The maximum atomic E-state index is 6.16. The monoisotopic (exact) mass is 355 g/mol. The van der Waals surface area contributed by atoms with Crippen molar-refractivity contribution in [1.82, 2.24) is 4.98 Å². The zero-order valence-electron chi connectivity index (χ0n) is 14.2. The Hall–Kier alpha value is -1.83. The number of benzene rings is 2. The van der Waals surface area contributed by atoms with Crippen LogP contribution in [0.4, 0.5) is 0 Å². The third kappa shape index (κ3) is 3.19. The molecule has 0 aliphatic heterocycles. The largest absolute Gasteiger partial charge is 0.248 e. The van der Waals surface area contributed by atoms with Crippen LogP contribution < -0.4 is 0 Å². The summed E-state index contributed by atoms with van der Waals surface area (Å²) in [5, 5.41) is 1.52. The van der Waals surface area contributed by atoms with Gasteiger partial charge in [0.1, 0.15) is 0 Å². The number of halogens is 2. The summed E-state index contributed by atoms with van der Waals surface area (Å²) in [4.78, 5) is 4.93. The molecule has 0 amide bonds. The molecule has 24 heavy (non-hydrogen) atoms. The zero-order chi connectivity index (χ0) is 17.4. The van der Waals surface area contributed by atoms with Crippen molar-refractivity contribution in [3.8, 4) is 22.5 Å². The SMILES string of the molecule is Cc1cc(Cl)cc(C)c1-c1cccc(-c2c(C)cc(Cl)cc2C)n1. The second kappa shape index (κ2) is 6.58. The van der Waals surface area contributed by atoms with E-state index in [4.69, 9.17) is 28.2 Å². The van der Waals surface area contributed by atoms with Gasteiger partial charge in [-0.2, -0.15) is 0 Å². The predicted molar refractivity (Wildman–Crippen MR) is 104 cm³/mol. The Labute approximate surface area is 153 Å². The second-order valence-electron chi connectivity index (χ2n) is 6.24. The van der Waals surface area contributed by atoms with E-state index < -0.39 is 0 Å². The standard InChI is InChI=1S/C21H19Cl2N/c1-12-8-16(22)9-13(2)20(12)18-6-5-7-19(24-18)21-14(3)10-17(23)11-15(21)4/h5-11H,1-4H3. The molecule has 122 valence electrons. The van der Waals surface area contributed by atoms with Crippen LogP contribution in [0, 0.1) is 27.7 Å². The van der Waals surface area contributed by atoms with Crippen LogP contribution in [0.5, 0.6) is 0 Å². The molecule has 0 N–H and O–H groups in total. The van der Waals surface area contributed by atoms with E-state index in [2.05, 4.69) is 33.8 Å². The molecule has 0 radical (unpaired) electrons. The fourth-order valence-corrected chi connectivity index (χ4v) is 4.00. The first-order valence-electron chi connectivity index (χ1n) is 7.88. The molecule has 0 aliphatic carbocycles. The highest BCUT2D eigenvalue weighted by Gasteiger charge is 2.12. The summed E-state index contributed by atoms with van der Waals surface area (Å²) >= 11 is 12.3. The topological polar surface area (TPSA) is 12.9 Å². The van der Waals surface area contributed by atoms with Gasteiger partial charge in [0.2, 0.25) is 0 Å². The summed E-state index contributed by atoms with van der Waals surface area (Å²) in [7, 11) is 0. The first-order valence-corrected chi connectivity index (χ1v) is 8.63. The maximum absolute atomic E-state index is 6.16. The van der Waals surface area contributed by atoms with Gasteiger partial charge in [0.25, 0.3) is 0 Å². The van der Waals surface area contributed by atoms with Gasteiger partial charge in [-0.25, -0.2) is 4.98 Å². The molecule has 1 heterocycles. The van der Waals surface area contributed by atoms with Gasteiger partial charge in [0, 0.05) is 21.2 Å². The van der Waals surface area contributed by atoms with Gasteiger partial charge in [-0.3, -0.25) is 0 Å². The minimum absolute atomic E-state index is 0.759. The van der Waals surface area contributed by atoms with Crippen molar-refractivity contribution in [2.75, 3.05) is 0 Å². The highest BCUT2D eigenvalue weighted by atomic mass is 35.5. The molecule has 0 saturated carbocycles. The third-order valence-electron chi connectivity index (χ3n) is 4.26. The van der Waals surface area contributed by atoms with Crippen molar-refractivity contribution >= 4 is 23.2 Å². The van der Waals surface area contributed by atoms with Gasteiger partial charge < -0.3 is 0 Å². The fourth-order valence-electron chi connectivity index (χ4n) is 3.34. The average Bonchev–Trinajstić information content (AvgIpc) is 2.45. The molecule has 1 nitrogen and oxygen atoms in total. The van der Waals surface area contributed by atoms with Crippen LogP contribution in [0.15, 0.2) is 42.5 Å². The highest BCUT2D eigenvalue weighted by Crippen LogP contribution is 2.33. The van der Waals surface area contributed by atoms with Crippen LogP contribution in [-0.2, 0) is 0 Å². The summed E-state index contributed by atoms with van der Waals surface area (Å²) in [5.74, 6) is 0. The lowest BCUT2D eigenvalue weighted by atomic mass is 9.97. The van der Waals surface area contributed by atoms with E-state index >= 15 is 0 Å². The van der Waals surface area contributed by atoms with Gasteiger partial charge in [-0.1, -0.05) is 29.3 Å². The van der Waals surface area contributed by atoms with Crippen molar-refractivity contribution in [2.24, 2.45) is 0 Å². The molecule has 0 saturated heterocycles. The Bertz CT molecular complexity index is 810. The van der Waals surface area contributed by atoms with Gasteiger partial charge >= 0.3 is 0 Å². The zero-order valence-corrected chi connectivity index (χ0v) is 15.8. The lowest BCUT2D eigenvalue weighted by molar-refractivity contribution is 1.26.